The van der Waals surface area contributed by atoms with E-state index in [0.717, 1.165) is 44.3 Å². The first-order valence-electron chi connectivity index (χ1n) is 14.7. The molecule has 0 unspecified atom stereocenters. The Kier molecular flexibility index (Phi) is 9.44. The van der Waals surface area contributed by atoms with E-state index in [2.05, 4.69) is 22.1 Å². The zero-order valence-corrected chi connectivity index (χ0v) is 24.2. The number of benzene rings is 1. The number of para-hydroxylation sites is 2. The van der Waals surface area contributed by atoms with Gasteiger partial charge in [0.05, 0.1) is 36.8 Å². The minimum absolute atomic E-state index is 0.0848. The van der Waals surface area contributed by atoms with Crippen LogP contribution in [0.2, 0.25) is 0 Å². The predicted molar refractivity (Wildman–Crippen MR) is 155 cm³/mol. The van der Waals surface area contributed by atoms with Crippen molar-refractivity contribution in [1.29, 1.82) is 0 Å². The highest BCUT2D eigenvalue weighted by Gasteiger charge is 2.26. The molecule has 2 aliphatic rings. The second-order valence-electron chi connectivity index (χ2n) is 11.6. The maximum atomic E-state index is 14.2. The first kappa shape index (κ1) is 29.3. The Bertz CT molecular complexity index is 1320. The Morgan fingerprint density at radius 2 is 1.88 bits per heavy atom. The van der Waals surface area contributed by atoms with E-state index < -0.39 is 6.43 Å². The van der Waals surface area contributed by atoms with Crippen LogP contribution in [0, 0.1) is 5.92 Å². The van der Waals surface area contributed by atoms with Crippen LogP contribution in [0.5, 0.6) is 0 Å². The number of aromatic nitrogens is 4. The summed E-state index contributed by atoms with van der Waals surface area (Å²) in [7, 11) is 3.80. The summed E-state index contributed by atoms with van der Waals surface area (Å²) in [6, 6.07) is 9.33. The number of rotatable bonds is 10. The number of carbonyl (C=O) groups excluding carboxylic acids is 1. The van der Waals surface area contributed by atoms with Gasteiger partial charge in [-0.1, -0.05) is 18.6 Å². The molecule has 41 heavy (non-hydrogen) atoms. The molecule has 0 radical (unpaired) electrons. The summed E-state index contributed by atoms with van der Waals surface area (Å²) in [5.74, 6) is 2.17. The number of ether oxygens (including phenoxy) is 1. The van der Waals surface area contributed by atoms with Crippen molar-refractivity contribution in [1.82, 2.24) is 29.7 Å². The van der Waals surface area contributed by atoms with Crippen molar-refractivity contribution < 1.29 is 18.3 Å². The molecule has 5 rings (SSSR count). The number of imidazole rings is 1. The summed E-state index contributed by atoms with van der Waals surface area (Å²) in [5.41, 5.74) is 1.11. The molecule has 1 N–H and O–H groups in total. The van der Waals surface area contributed by atoms with Crippen LogP contribution in [0.1, 0.15) is 63.5 Å². The largest absolute Gasteiger partial charge is 0.377 e. The van der Waals surface area contributed by atoms with E-state index in [4.69, 9.17) is 14.7 Å². The quantitative estimate of drug-likeness (QED) is 0.384. The van der Waals surface area contributed by atoms with Gasteiger partial charge in [-0.15, -0.1) is 0 Å². The van der Waals surface area contributed by atoms with Crippen molar-refractivity contribution in [3.05, 3.63) is 42.0 Å². The summed E-state index contributed by atoms with van der Waals surface area (Å²) in [6.07, 6.45) is 4.05. The molecule has 1 aromatic carbocycles. The zero-order chi connectivity index (χ0) is 28.9. The molecule has 1 amide bonds. The number of anilines is 1. The molecule has 1 saturated heterocycles. The van der Waals surface area contributed by atoms with E-state index in [1.165, 1.54) is 4.57 Å². The van der Waals surface area contributed by atoms with Crippen LogP contribution in [0.4, 0.5) is 14.6 Å². The standard InChI is InChI=1S/C30H41F2N7O2/c1-20-19-41-16-15-38(20)26-17-27(39-24-9-5-4-8-23(24)34-30(39)29(31)32)36-25(35-26)10-6-7-21-11-13-22(14-12-21)33-28(40)18-37(2)3/h4-5,8-9,17,20-22,29H,6-7,10-16,18-19H2,1-3H3,(H,33,40)/t20-,21?,22?/m0/s1. The first-order valence-corrected chi connectivity index (χ1v) is 14.7. The molecule has 1 saturated carbocycles. The Balaban J connectivity index is 1.31. The molecule has 2 aromatic heterocycles. The number of fused-ring (bicyclic) bond motifs is 1. The molecular weight excluding hydrogens is 528 g/mol. The van der Waals surface area contributed by atoms with Gasteiger partial charge in [0, 0.05) is 25.1 Å². The molecule has 0 bridgehead atoms. The molecular formula is C30H41F2N7O2. The third kappa shape index (κ3) is 7.19. The normalized spacial score (nSPS) is 21.6. The smallest absolute Gasteiger partial charge is 0.296 e. The number of amides is 1. The summed E-state index contributed by atoms with van der Waals surface area (Å²) < 4.78 is 35.4. The molecule has 2 fully saturated rings. The summed E-state index contributed by atoms with van der Waals surface area (Å²) >= 11 is 0. The second-order valence-corrected chi connectivity index (χ2v) is 11.6. The Morgan fingerprint density at radius 3 is 2.61 bits per heavy atom. The Hall–Kier alpha value is -3.18. The van der Waals surface area contributed by atoms with Crippen molar-refractivity contribution in [2.24, 2.45) is 5.92 Å². The molecule has 0 spiro atoms. The van der Waals surface area contributed by atoms with Crippen LogP contribution in [0.3, 0.4) is 0 Å². The number of alkyl halides is 2. The van der Waals surface area contributed by atoms with Gasteiger partial charge in [0.1, 0.15) is 17.5 Å². The van der Waals surface area contributed by atoms with Crippen molar-refractivity contribution in [2.75, 3.05) is 45.3 Å². The molecule has 222 valence electrons. The van der Waals surface area contributed by atoms with Gasteiger partial charge in [0.2, 0.25) is 5.91 Å². The lowest BCUT2D eigenvalue weighted by Gasteiger charge is -2.34. The minimum Gasteiger partial charge on any atom is -0.377 e. The summed E-state index contributed by atoms with van der Waals surface area (Å²) in [6.45, 7) is 4.35. The number of morpholine rings is 1. The second kappa shape index (κ2) is 13.2. The maximum Gasteiger partial charge on any atom is 0.296 e. The highest BCUT2D eigenvalue weighted by molar-refractivity contribution is 5.78. The van der Waals surface area contributed by atoms with Crippen LogP contribution in [0.25, 0.3) is 16.9 Å². The van der Waals surface area contributed by atoms with E-state index in [0.29, 0.717) is 61.3 Å². The van der Waals surface area contributed by atoms with Gasteiger partial charge in [-0.25, -0.2) is 23.7 Å². The number of likely N-dealkylation sites (N-methyl/N-ethyl adjacent to an activating group) is 1. The molecule has 3 heterocycles. The van der Waals surface area contributed by atoms with Crippen molar-refractivity contribution in [2.45, 2.75) is 70.4 Å². The van der Waals surface area contributed by atoms with Gasteiger partial charge >= 0.3 is 0 Å². The number of carbonyl (C=O) groups is 1. The van der Waals surface area contributed by atoms with Crippen LogP contribution < -0.4 is 10.2 Å². The van der Waals surface area contributed by atoms with E-state index in [9.17, 15) is 13.6 Å². The van der Waals surface area contributed by atoms with Gasteiger partial charge in [-0.3, -0.25) is 9.36 Å². The van der Waals surface area contributed by atoms with Crippen LogP contribution in [-0.2, 0) is 16.0 Å². The first-order chi connectivity index (χ1) is 19.8. The van der Waals surface area contributed by atoms with Crippen LogP contribution in [-0.4, -0.2) is 82.8 Å². The summed E-state index contributed by atoms with van der Waals surface area (Å²) in [5, 5.41) is 3.16. The highest BCUT2D eigenvalue weighted by atomic mass is 19.3. The fourth-order valence-electron chi connectivity index (χ4n) is 6.05. The van der Waals surface area contributed by atoms with Crippen molar-refractivity contribution in [3.8, 4) is 5.82 Å². The van der Waals surface area contributed by atoms with E-state index in [-0.39, 0.29) is 23.8 Å². The third-order valence-corrected chi connectivity index (χ3v) is 8.10. The van der Waals surface area contributed by atoms with Crippen molar-refractivity contribution >= 4 is 22.8 Å². The van der Waals surface area contributed by atoms with Crippen LogP contribution >= 0.6 is 0 Å². The zero-order valence-electron chi connectivity index (χ0n) is 24.2. The van der Waals surface area contributed by atoms with Crippen LogP contribution in [0.15, 0.2) is 30.3 Å². The SMILES string of the molecule is C[C@H]1COCCN1c1cc(-n2c(C(F)F)nc3ccccc32)nc(CCCC2CCC(NC(=O)CN(C)C)CC2)n1. The third-order valence-electron chi connectivity index (χ3n) is 8.10. The topological polar surface area (TPSA) is 88.4 Å². The van der Waals surface area contributed by atoms with Gasteiger partial charge in [0.15, 0.2) is 5.82 Å². The van der Waals surface area contributed by atoms with Gasteiger partial charge < -0.3 is 19.9 Å². The number of halogens is 2. The molecule has 11 heteroatoms. The highest BCUT2D eigenvalue weighted by Crippen LogP contribution is 2.31. The molecule has 9 nitrogen and oxygen atoms in total. The summed E-state index contributed by atoms with van der Waals surface area (Å²) in [4.78, 5) is 30.1. The maximum absolute atomic E-state index is 14.2. The molecule has 3 aromatic rings. The van der Waals surface area contributed by atoms with E-state index in [1.807, 2.05) is 25.1 Å². The Labute approximate surface area is 240 Å². The lowest BCUT2D eigenvalue weighted by atomic mass is 9.83. The average molecular weight is 570 g/mol. The minimum atomic E-state index is -2.74. The number of aryl methyl sites for hydroxylation is 1. The monoisotopic (exact) mass is 569 g/mol. The van der Waals surface area contributed by atoms with Gasteiger partial charge in [-0.2, -0.15) is 0 Å². The predicted octanol–water partition coefficient (Wildman–Crippen LogP) is 4.54. The number of nitrogens with one attached hydrogen (secondary N) is 1. The van der Waals surface area contributed by atoms with Gasteiger partial charge in [0.25, 0.3) is 6.43 Å². The lowest BCUT2D eigenvalue weighted by Crippen LogP contribution is -2.44. The van der Waals surface area contributed by atoms with Gasteiger partial charge in [-0.05, 0) is 71.2 Å². The lowest BCUT2D eigenvalue weighted by molar-refractivity contribution is -0.122. The fraction of sp³-hybridized carbons (Fsp3) is 0.600. The Morgan fingerprint density at radius 1 is 1.12 bits per heavy atom. The van der Waals surface area contributed by atoms with E-state index >= 15 is 0 Å². The fourth-order valence-corrected chi connectivity index (χ4v) is 6.05. The number of hydrogen-bond acceptors (Lipinski definition) is 7. The van der Waals surface area contributed by atoms with E-state index in [1.54, 1.807) is 24.3 Å². The number of hydrogen-bond donors (Lipinski definition) is 1. The number of nitrogens with zero attached hydrogens (tertiary/aromatic N) is 6. The molecule has 1 aliphatic carbocycles. The van der Waals surface area contributed by atoms with Crippen molar-refractivity contribution in [3.63, 3.8) is 0 Å². The average Bonchev–Trinajstić information content (AvgIpc) is 3.34. The molecule has 1 aliphatic heterocycles. The molecule has 1 atom stereocenters.